The number of fused-ring (bicyclic) bond motifs is 5. The average Bonchev–Trinajstić information content (AvgIpc) is 2.76. The van der Waals surface area contributed by atoms with E-state index in [1.807, 2.05) is 4.90 Å². The zero-order valence-electron chi connectivity index (χ0n) is 14.7. The van der Waals surface area contributed by atoms with Crippen LogP contribution >= 0.6 is 39.1 Å². The first-order valence-electron chi connectivity index (χ1n) is 8.76. The van der Waals surface area contributed by atoms with Crippen LogP contribution in [0.5, 0.6) is 11.5 Å². The third kappa shape index (κ3) is 3.90. The number of nitrogens with zero attached hydrogens (tertiary/aromatic N) is 1. The number of alkyl halides is 3. The van der Waals surface area contributed by atoms with Crippen LogP contribution < -0.4 is 15.0 Å². The van der Waals surface area contributed by atoms with Crippen LogP contribution in [0.3, 0.4) is 0 Å². The number of halogens is 6. The molecular formula is C19H14BrCl2F3N2O2. The minimum absolute atomic E-state index is 0.305. The van der Waals surface area contributed by atoms with Gasteiger partial charge in [0, 0.05) is 22.6 Å². The van der Waals surface area contributed by atoms with Gasteiger partial charge in [0.2, 0.25) is 0 Å². The summed E-state index contributed by atoms with van der Waals surface area (Å²) in [5.41, 5.74) is 1.28. The molecule has 0 saturated carbocycles. The van der Waals surface area contributed by atoms with Gasteiger partial charge in [-0.15, -0.1) is 0 Å². The minimum atomic E-state index is -4.96. The van der Waals surface area contributed by atoms with Gasteiger partial charge in [-0.3, -0.25) is 4.79 Å². The first kappa shape index (κ1) is 20.6. The second-order valence-electron chi connectivity index (χ2n) is 6.88. The highest BCUT2D eigenvalue weighted by Gasteiger charge is 2.44. The molecule has 0 aliphatic carbocycles. The summed E-state index contributed by atoms with van der Waals surface area (Å²) in [6.45, 7) is 0.562. The normalized spacial score (nSPS) is 20.7. The van der Waals surface area contributed by atoms with Gasteiger partial charge in [0.25, 0.3) is 0 Å². The van der Waals surface area contributed by atoms with E-state index in [1.54, 1.807) is 30.3 Å². The Bertz CT molecular complexity index is 987. The van der Waals surface area contributed by atoms with Crippen molar-refractivity contribution in [2.75, 3.05) is 11.4 Å². The van der Waals surface area contributed by atoms with Gasteiger partial charge in [0.05, 0.1) is 27.8 Å². The van der Waals surface area contributed by atoms with Gasteiger partial charge in [0.15, 0.2) is 5.75 Å². The smallest absolute Gasteiger partial charge is 0.455 e. The molecule has 4 nitrogen and oxygen atoms in total. The number of hydrogen-bond acceptors (Lipinski definition) is 3. The van der Waals surface area contributed by atoms with Crippen molar-refractivity contribution in [2.24, 2.45) is 0 Å². The van der Waals surface area contributed by atoms with Crippen molar-refractivity contribution in [3.05, 3.63) is 50.4 Å². The van der Waals surface area contributed by atoms with Gasteiger partial charge < -0.3 is 15.0 Å². The number of hydrogen-bond donors (Lipinski definition) is 1. The van der Waals surface area contributed by atoms with Crippen LogP contribution in [0.2, 0.25) is 10.0 Å². The van der Waals surface area contributed by atoms with E-state index >= 15 is 0 Å². The van der Waals surface area contributed by atoms with Crippen LogP contribution in [0.1, 0.15) is 24.4 Å². The first-order chi connectivity index (χ1) is 13.6. The summed E-state index contributed by atoms with van der Waals surface area (Å²) in [5, 5.41) is 2.78. The molecule has 1 amide bonds. The summed E-state index contributed by atoms with van der Waals surface area (Å²) in [5.74, 6) is -1.04. The van der Waals surface area contributed by atoms with Crippen molar-refractivity contribution in [1.29, 1.82) is 0 Å². The van der Waals surface area contributed by atoms with Crippen LogP contribution in [-0.2, 0) is 4.79 Å². The summed E-state index contributed by atoms with van der Waals surface area (Å²) >= 11 is 15.8. The Morgan fingerprint density at radius 3 is 2.62 bits per heavy atom. The number of anilines is 1. The number of rotatable bonds is 1. The zero-order valence-corrected chi connectivity index (χ0v) is 17.8. The topological polar surface area (TPSA) is 41.6 Å². The molecule has 1 fully saturated rings. The molecular weight excluding hydrogens is 496 g/mol. The Labute approximate surface area is 183 Å². The molecule has 2 heterocycles. The lowest BCUT2D eigenvalue weighted by atomic mass is 9.89. The number of amides is 1. The number of benzene rings is 2. The van der Waals surface area contributed by atoms with Crippen molar-refractivity contribution < 1.29 is 22.7 Å². The summed E-state index contributed by atoms with van der Waals surface area (Å²) in [6.07, 6.45) is -3.97. The van der Waals surface area contributed by atoms with E-state index in [1.165, 1.54) is 0 Å². The number of nitrogens with one attached hydrogen (secondary N) is 1. The molecule has 1 N–H and O–H groups in total. The largest absolute Gasteiger partial charge is 0.471 e. The molecule has 0 bridgehead atoms. The van der Waals surface area contributed by atoms with Crippen molar-refractivity contribution in [3.63, 3.8) is 0 Å². The lowest BCUT2D eigenvalue weighted by molar-refractivity contribution is -0.174. The van der Waals surface area contributed by atoms with Gasteiger partial charge in [-0.2, -0.15) is 13.2 Å². The van der Waals surface area contributed by atoms with E-state index in [0.29, 0.717) is 52.2 Å². The maximum Gasteiger partial charge on any atom is 0.471 e. The molecule has 1 saturated heterocycles. The lowest BCUT2D eigenvalue weighted by Crippen LogP contribution is -2.52. The standard InChI is InChI=1S/C19H14BrCl2F3N2O2/c20-9-3-4-10-15(6-9)29-16-8-12(22)11(21)7-14(16)27-5-1-2-13(17(10)27)26-18(28)19(23,24)25/h3-4,6-8,13,17H,1-2,5H2,(H,26,28)/t13-,17-/m0/s1. The highest BCUT2D eigenvalue weighted by Crippen LogP contribution is 2.50. The third-order valence-corrected chi connectivity index (χ3v) is 6.25. The van der Waals surface area contributed by atoms with Crippen molar-refractivity contribution in [2.45, 2.75) is 31.1 Å². The summed E-state index contributed by atoms with van der Waals surface area (Å²) in [7, 11) is 0. The molecule has 2 atom stereocenters. The molecule has 2 aromatic carbocycles. The predicted molar refractivity (Wildman–Crippen MR) is 108 cm³/mol. The summed E-state index contributed by atoms with van der Waals surface area (Å²) < 4.78 is 45.5. The number of ether oxygens (including phenoxy) is 1. The lowest BCUT2D eigenvalue weighted by Gasteiger charge is -2.42. The highest BCUT2D eigenvalue weighted by molar-refractivity contribution is 9.10. The number of piperidine rings is 1. The zero-order chi connectivity index (χ0) is 20.9. The van der Waals surface area contributed by atoms with Gasteiger partial charge >= 0.3 is 12.1 Å². The fourth-order valence-electron chi connectivity index (χ4n) is 3.84. The van der Waals surface area contributed by atoms with E-state index in [4.69, 9.17) is 27.9 Å². The number of carbonyl (C=O) groups is 1. The number of carbonyl (C=O) groups excluding carboxylic acids is 1. The van der Waals surface area contributed by atoms with E-state index in [-0.39, 0.29) is 0 Å². The van der Waals surface area contributed by atoms with Gasteiger partial charge in [-0.25, -0.2) is 0 Å². The van der Waals surface area contributed by atoms with E-state index < -0.39 is 24.2 Å². The Morgan fingerprint density at radius 1 is 1.17 bits per heavy atom. The van der Waals surface area contributed by atoms with Crippen molar-refractivity contribution in [3.8, 4) is 11.5 Å². The third-order valence-electron chi connectivity index (χ3n) is 5.03. The summed E-state index contributed by atoms with van der Waals surface area (Å²) in [4.78, 5) is 13.6. The van der Waals surface area contributed by atoms with Crippen molar-refractivity contribution >= 4 is 50.7 Å². The first-order valence-corrected chi connectivity index (χ1v) is 10.3. The maximum atomic E-state index is 12.9. The van der Waals surface area contributed by atoms with E-state index in [9.17, 15) is 18.0 Å². The van der Waals surface area contributed by atoms with Gasteiger partial charge in [-0.05, 0) is 31.0 Å². The van der Waals surface area contributed by atoms with E-state index in [0.717, 1.165) is 4.47 Å². The molecule has 154 valence electrons. The molecule has 0 unspecified atom stereocenters. The van der Waals surface area contributed by atoms with Crippen LogP contribution in [0.15, 0.2) is 34.8 Å². The monoisotopic (exact) mass is 508 g/mol. The van der Waals surface area contributed by atoms with Crippen LogP contribution in [-0.4, -0.2) is 24.7 Å². The Balaban J connectivity index is 1.85. The van der Waals surface area contributed by atoms with Gasteiger partial charge in [-0.1, -0.05) is 45.2 Å². The van der Waals surface area contributed by atoms with Crippen LogP contribution in [0, 0.1) is 0 Å². The minimum Gasteiger partial charge on any atom is -0.455 e. The molecule has 10 heteroatoms. The Hall–Kier alpha value is -1.64. The van der Waals surface area contributed by atoms with E-state index in [2.05, 4.69) is 21.2 Å². The van der Waals surface area contributed by atoms with Crippen LogP contribution in [0.25, 0.3) is 0 Å². The molecule has 29 heavy (non-hydrogen) atoms. The molecule has 2 aliphatic heterocycles. The molecule has 0 spiro atoms. The fourth-order valence-corrected chi connectivity index (χ4v) is 4.49. The SMILES string of the molecule is O=C(N[C@H]1CCCN2c3cc(Cl)c(Cl)cc3Oc3cc(Br)ccc3[C@@H]12)C(F)(F)F. The summed E-state index contributed by atoms with van der Waals surface area (Å²) in [6, 6.07) is 7.21. The molecule has 2 aromatic rings. The van der Waals surface area contributed by atoms with Crippen molar-refractivity contribution in [1.82, 2.24) is 5.32 Å². The second kappa shape index (κ2) is 7.56. The quantitative estimate of drug-likeness (QED) is 0.494. The molecule has 4 rings (SSSR count). The highest BCUT2D eigenvalue weighted by atomic mass is 79.9. The second-order valence-corrected chi connectivity index (χ2v) is 8.61. The fraction of sp³-hybridized carbons (Fsp3) is 0.316. The molecule has 2 aliphatic rings. The molecule has 0 radical (unpaired) electrons. The predicted octanol–water partition coefficient (Wildman–Crippen LogP) is 6.25. The van der Waals surface area contributed by atoms with Gasteiger partial charge in [0.1, 0.15) is 5.75 Å². The average molecular weight is 510 g/mol. The maximum absolute atomic E-state index is 12.9. The Morgan fingerprint density at radius 2 is 1.90 bits per heavy atom. The van der Waals surface area contributed by atoms with Crippen LogP contribution in [0.4, 0.5) is 18.9 Å². The Kier molecular flexibility index (Phi) is 5.38. The molecule has 0 aromatic heterocycles.